The zero-order chi connectivity index (χ0) is 14.8. The summed E-state index contributed by atoms with van der Waals surface area (Å²) in [5.74, 6) is 1.51. The molecule has 0 aliphatic rings. The molecule has 0 aromatic heterocycles. The molecule has 0 spiro atoms. The first kappa shape index (κ1) is 17.3. The number of methoxy groups -OCH3 is 1. The number of ether oxygens (including phenoxy) is 2. The highest BCUT2D eigenvalue weighted by molar-refractivity contribution is 9.10. The first-order chi connectivity index (χ1) is 9.72. The van der Waals surface area contributed by atoms with Crippen LogP contribution in [0.25, 0.3) is 0 Å². The lowest BCUT2D eigenvalue weighted by molar-refractivity contribution is 0.267. The average molecular weight is 346 g/mol. The third-order valence-corrected chi connectivity index (χ3v) is 3.56. The van der Waals surface area contributed by atoms with Crippen LogP contribution >= 0.6 is 15.9 Å². The van der Waals surface area contributed by atoms with Crippen LogP contribution in [0.15, 0.2) is 16.6 Å². The lowest BCUT2D eigenvalue weighted by Crippen LogP contribution is -2.06. The number of nitrogens with one attached hydrogen (secondary N) is 1. The Hall–Kier alpha value is -0.780. The molecule has 114 valence electrons. The van der Waals surface area contributed by atoms with E-state index in [4.69, 9.17) is 14.6 Å². The molecule has 0 saturated heterocycles. The summed E-state index contributed by atoms with van der Waals surface area (Å²) in [4.78, 5) is 0. The first-order valence-corrected chi connectivity index (χ1v) is 7.77. The Bertz CT molecular complexity index is 399. The fourth-order valence-electron chi connectivity index (χ4n) is 1.96. The normalized spacial score (nSPS) is 10.6. The Morgan fingerprint density at radius 2 is 1.95 bits per heavy atom. The highest BCUT2D eigenvalue weighted by Gasteiger charge is 2.11. The fourth-order valence-corrected chi connectivity index (χ4v) is 2.57. The Labute approximate surface area is 129 Å². The van der Waals surface area contributed by atoms with Crippen LogP contribution in [0.4, 0.5) is 0 Å². The van der Waals surface area contributed by atoms with Gasteiger partial charge in [0.25, 0.3) is 0 Å². The van der Waals surface area contributed by atoms with Gasteiger partial charge in [0.15, 0.2) is 11.5 Å². The lowest BCUT2D eigenvalue weighted by Gasteiger charge is -2.14. The smallest absolute Gasteiger partial charge is 0.175 e. The van der Waals surface area contributed by atoms with Crippen LogP contribution in [0.2, 0.25) is 0 Å². The van der Waals surface area contributed by atoms with Crippen LogP contribution in [0.3, 0.4) is 0 Å². The zero-order valence-corrected chi connectivity index (χ0v) is 13.8. The molecule has 0 radical (unpaired) electrons. The van der Waals surface area contributed by atoms with E-state index in [1.54, 1.807) is 7.11 Å². The van der Waals surface area contributed by atoms with E-state index in [-0.39, 0.29) is 6.61 Å². The molecule has 1 aromatic carbocycles. The van der Waals surface area contributed by atoms with Gasteiger partial charge < -0.3 is 19.9 Å². The van der Waals surface area contributed by atoms with E-state index in [1.165, 1.54) is 0 Å². The minimum Gasteiger partial charge on any atom is -0.493 e. The van der Waals surface area contributed by atoms with Crippen molar-refractivity contribution in [1.82, 2.24) is 5.32 Å². The number of hydrogen-bond acceptors (Lipinski definition) is 4. The van der Waals surface area contributed by atoms with Crippen LogP contribution in [0.1, 0.15) is 31.2 Å². The minimum atomic E-state index is 0.271. The highest BCUT2D eigenvalue weighted by Crippen LogP contribution is 2.36. The number of halogens is 1. The summed E-state index contributed by atoms with van der Waals surface area (Å²) in [6.07, 6.45) is 3.96. The van der Waals surface area contributed by atoms with Crippen molar-refractivity contribution < 1.29 is 14.6 Å². The molecule has 0 bridgehead atoms. The van der Waals surface area contributed by atoms with Gasteiger partial charge in [-0.15, -0.1) is 0 Å². The molecule has 0 heterocycles. The SMILES string of the molecule is CNCc1cc(Br)c(OCCCCCCO)c(OC)c1. The molecule has 4 nitrogen and oxygen atoms in total. The Kier molecular flexibility index (Phi) is 8.65. The van der Waals surface area contributed by atoms with Gasteiger partial charge >= 0.3 is 0 Å². The molecule has 0 saturated carbocycles. The standard InChI is InChI=1S/C15H24BrNO3/c1-17-11-12-9-13(16)15(14(10-12)19-2)20-8-6-4-3-5-7-18/h9-10,17-18H,3-8,11H2,1-2H3. The summed E-state index contributed by atoms with van der Waals surface area (Å²) in [5.41, 5.74) is 1.14. The summed E-state index contributed by atoms with van der Waals surface area (Å²) in [6.45, 7) is 1.72. The molecule has 1 rings (SSSR count). The van der Waals surface area contributed by atoms with Crippen LogP contribution in [0.5, 0.6) is 11.5 Å². The molecule has 0 aliphatic carbocycles. The summed E-state index contributed by atoms with van der Waals surface area (Å²) in [6, 6.07) is 4.03. The van der Waals surface area contributed by atoms with Crippen molar-refractivity contribution >= 4 is 15.9 Å². The van der Waals surface area contributed by atoms with Crippen molar-refractivity contribution in [2.24, 2.45) is 0 Å². The molecule has 0 amide bonds. The minimum absolute atomic E-state index is 0.271. The monoisotopic (exact) mass is 345 g/mol. The Morgan fingerprint density at radius 3 is 2.60 bits per heavy atom. The topological polar surface area (TPSA) is 50.7 Å². The third-order valence-electron chi connectivity index (χ3n) is 2.97. The van der Waals surface area contributed by atoms with Crippen molar-refractivity contribution in [1.29, 1.82) is 0 Å². The maximum absolute atomic E-state index is 8.72. The first-order valence-electron chi connectivity index (χ1n) is 6.97. The largest absolute Gasteiger partial charge is 0.493 e. The van der Waals surface area contributed by atoms with Gasteiger partial charge in [-0.25, -0.2) is 0 Å². The molecular weight excluding hydrogens is 322 g/mol. The maximum Gasteiger partial charge on any atom is 0.175 e. The number of aliphatic hydroxyl groups is 1. The van der Waals surface area contributed by atoms with Crippen molar-refractivity contribution in [3.8, 4) is 11.5 Å². The zero-order valence-electron chi connectivity index (χ0n) is 12.2. The maximum atomic E-state index is 8.72. The van der Waals surface area contributed by atoms with Crippen LogP contribution in [0, 0.1) is 0 Å². The van der Waals surface area contributed by atoms with E-state index in [0.29, 0.717) is 6.61 Å². The van der Waals surface area contributed by atoms with Gasteiger partial charge in [0.05, 0.1) is 18.2 Å². The van der Waals surface area contributed by atoms with E-state index in [9.17, 15) is 0 Å². The number of hydrogen-bond donors (Lipinski definition) is 2. The summed E-state index contributed by atoms with van der Waals surface area (Å²) in [5, 5.41) is 11.8. The second-order valence-electron chi connectivity index (χ2n) is 4.63. The van der Waals surface area contributed by atoms with Crippen molar-refractivity contribution in [2.75, 3.05) is 27.4 Å². The Morgan fingerprint density at radius 1 is 1.20 bits per heavy atom. The van der Waals surface area contributed by atoms with Crippen LogP contribution in [-0.2, 0) is 6.54 Å². The fraction of sp³-hybridized carbons (Fsp3) is 0.600. The molecule has 1 aromatic rings. The number of benzene rings is 1. The van der Waals surface area contributed by atoms with Gasteiger partial charge in [-0.05, 0) is 59.9 Å². The third kappa shape index (κ3) is 5.69. The van der Waals surface area contributed by atoms with Crippen molar-refractivity contribution in [3.63, 3.8) is 0 Å². The highest BCUT2D eigenvalue weighted by atomic mass is 79.9. The molecular formula is C15H24BrNO3. The van der Waals surface area contributed by atoms with Crippen LogP contribution < -0.4 is 14.8 Å². The summed E-state index contributed by atoms with van der Waals surface area (Å²) in [7, 11) is 3.57. The van der Waals surface area contributed by atoms with Gasteiger partial charge in [0, 0.05) is 13.2 Å². The molecule has 2 N–H and O–H groups in total. The predicted octanol–water partition coefficient (Wildman–Crippen LogP) is 3.11. The second-order valence-corrected chi connectivity index (χ2v) is 5.48. The van der Waals surface area contributed by atoms with Crippen LogP contribution in [-0.4, -0.2) is 32.5 Å². The number of aliphatic hydroxyl groups excluding tert-OH is 1. The average Bonchev–Trinajstić information content (AvgIpc) is 2.44. The van der Waals surface area contributed by atoms with Crippen molar-refractivity contribution in [3.05, 3.63) is 22.2 Å². The second kappa shape index (κ2) is 10.0. The van der Waals surface area contributed by atoms with Gasteiger partial charge in [0.1, 0.15) is 0 Å². The molecule has 0 atom stereocenters. The molecule has 0 fully saturated rings. The van der Waals surface area contributed by atoms with E-state index in [2.05, 4.69) is 21.2 Å². The van der Waals surface area contributed by atoms with E-state index in [0.717, 1.165) is 53.8 Å². The Balaban J connectivity index is 2.55. The van der Waals surface area contributed by atoms with E-state index < -0.39 is 0 Å². The van der Waals surface area contributed by atoms with Crippen molar-refractivity contribution in [2.45, 2.75) is 32.2 Å². The van der Waals surface area contributed by atoms with Gasteiger partial charge in [-0.2, -0.15) is 0 Å². The summed E-state index contributed by atoms with van der Waals surface area (Å²) < 4.78 is 12.1. The number of unbranched alkanes of at least 4 members (excludes halogenated alkanes) is 3. The summed E-state index contributed by atoms with van der Waals surface area (Å²) >= 11 is 3.54. The van der Waals surface area contributed by atoms with Gasteiger partial charge in [0.2, 0.25) is 0 Å². The quantitative estimate of drug-likeness (QED) is 0.639. The van der Waals surface area contributed by atoms with Gasteiger partial charge in [-0.1, -0.05) is 6.42 Å². The molecule has 20 heavy (non-hydrogen) atoms. The lowest BCUT2D eigenvalue weighted by atomic mass is 10.2. The molecule has 0 aliphatic heterocycles. The number of rotatable bonds is 10. The van der Waals surface area contributed by atoms with Gasteiger partial charge in [-0.3, -0.25) is 0 Å². The molecule has 0 unspecified atom stereocenters. The van der Waals surface area contributed by atoms with E-state index >= 15 is 0 Å². The van der Waals surface area contributed by atoms with E-state index in [1.807, 2.05) is 19.2 Å². The predicted molar refractivity (Wildman–Crippen MR) is 84.5 cm³/mol. The molecule has 5 heteroatoms.